The van der Waals surface area contributed by atoms with Gasteiger partial charge in [0.1, 0.15) is 0 Å². The van der Waals surface area contributed by atoms with Crippen molar-refractivity contribution < 1.29 is 34.2 Å². The van der Waals surface area contributed by atoms with Gasteiger partial charge in [0.25, 0.3) is 5.69 Å². The lowest BCUT2D eigenvalue weighted by Crippen LogP contribution is -2.51. The van der Waals surface area contributed by atoms with Crippen molar-refractivity contribution in [3.05, 3.63) is 129 Å². The number of carboxylic acids is 1. The number of hydrogen-bond acceptors (Lipinski definition) is 9. The molecule has 0 aliphatic carbocycles. The zero-order chi connectivity index (χ0) is 36.6. The number of carbonyl (C=O) groups excluding carboxylic acids is 1. The quantitative estimate of drug-likeness (QED) is 0.114. The van der Waals surface area contributed by atoms with Crippen molar-refractivity contribution in [2.45, 2.75) is 51.4 Å². The van der Waals surface area contributed by atoms with E-state index in [4.69, 9.17) is 14.6 Å². The van der Waals surface area contributed by atoms with Gasteiger partial charge in [-0.25, -0.2) is 0 Å². The molecule has 0 bridgehead atoms. The van der Waals surface area contributed by atoms with Gasteiger partial charge in [-0.3, -0.25) is 24.6 Å². The van der Waals surface area contributed by atoms with Crippen LogP contribution in [-0.2, 0) is 32.2 Å². The molecule has 2 aliphatic rings. The molecule has 0 saturated carbocycles. The largest absolute Gasteiger partial charge is 0.481 e. The second kappa shape index (κ2) is 16.9. The SMILES string of the molecule is C[C@H]1[C@@H](CN2CCN(c3ccc([N+](=O)[O-])cc3)CC2)O[C@@H](c2cccc(-c3cccc(CNC(=O)CCC(=O)O)c3)c2)O[C@H]1c1ccc(CO)cc1. The van der Waals surface area contributed by atoms with Crippen LogP contribution in [0.2, 0.25) is 0 Å². The summed E-state index contributed by atoms with van der Waals surface area (Å²) >= 11 is 0. The van der Waals surface area contributed by atoms with E-state index in [2.05, 4.69) is 28.1 Å². The van der Waals surface area contributed by atoms with Gasteiger partial charge in [-0.05, 0) is 52.1 Å². The number of aliphatic carboxylic acids is 1. The molecular formula is C40H44N4O8. The number of aliphatic hydroxyl groups is 1. The molecule has 2 heterocycles. The minimum Gasteiger partial charge on any atom is -0.481 e. The van der Waals surface area contributed by atoms with E-state index in [1.165, 1.54) is 0 Å². The predicted molar refractivity (Wildman–Crippen MR) is 195 cm³/mol. The van der Waals surface area contributed by atoms with Gasteiger partial charge in [0.05, 0.1) is 30.2 Å². The lowest BCUT2D eigenvalue weighted by atomic mass is 9.89. The zero-order valence-electron chi connectivity index (χ0n) is 29.1. The van der Waals surface area contributed by atoms with Crippen LogP contribution in [0.4, 0.5) is 11.4 Å². The lowest BCUT2D eigenvalue weighted by Gasteiger charge is -2.44. The Bertz CT molecular complexity index is 1840. The van der Waals surface area contributed by atoms with Gasteiger partial charge in [0, 0.05) is 75.0 Å². The molecule has 52 heavy (non-hydrogen) atoms. The van der Waals surface area contributed by atoms with Crippen molar-refractivity contribution in [1.29, 1.82) is 0 Å². The third kappa shape index (κ3) is 9.20. The van der Waals surface area contributed by atoms with Crippen LogP contribution in [0.3, 0.4) is 0 Å². The Morgan fingerprint density at radius 1 is 0.846 bits per heavy atom. The summed E-state index contributed by atoms with van der Waals surface area (Å²) < 4.78 is 13.5. The Morgan fingerprint density at radius 2 is 1.54 bits per heavy atom. The average molecular weight is 709 g/mol. The molecule has 0 spiro atoms. The van der Waals surface area contributed by atoms with E-state index < -0.39 is 12.3 Å². The van der Waals surface area contributed by atoms with Crippen LogP contribution in [0.5, 0.6) is 0 Å². The molecule has 3 N–H and O–H groups in total. The van der Waals surface area contributed by atoms with Crippen LogP contribution in [0.25, 0.3) is 11.1 Å². The molecule has 2 aliphatic heterocycles. The van der Waals surface area contributed by atoms with Gasteiger partial charge in [0.15, 0.2) is 6.29 Å². The highest BCUT2D eigenvalue weighted by Crippen LogP contribution is 2.42. The lowest BCUT2D eigenvalue weighted by molar-refractivity contribution is -0.384. The van der Waals surface area contributed by atoms with Crippen LogP contribution in [0.1, 0.15) is 54.4 Å². The number of rotatable bonds is 13. The predicted octanol–water partition coefficient (Wildman–Crippen LogP) is 5.85. The maximum absolute atomic E-state index is 12.1. The van der Waals surface area contributed by atoms with Crippen molar-refractivity contribution in [2.24, 2.45) is 5.92 Å². The Balaban J connectivity index is 1.17. The smallest absolute Gasteiger partial charge is 0.303 e. The second-order valence-corrected chi connectivity index (χ2v) is 13.4. The summed E-state index contributed by atoms with van der Waals surface area (Å²) in [6.07, 6.45) is -1.32. The van der Waals surface area contributed by atoms with Crippen molar-refractivity contribution in [3.8, 4) is 11.1 Å². The fourth-order valence-corrected chi connectivity index (χ4v) is 6.79. The van der Waals surface area contributed by atoms with E-state index in [-0.39, 0.29) is 54.1 Å². The van der Waals surface area contributed by atoms with Crippen LogP contribution in [-0.4, -0.2) is 70.7 Å². The first kappa shape index (κ1) is 36.6. The second-order valence-electron chi connectivity index (χ2n) is 13.4. The molecular weight excluding hydrogens is 664 g/mol. The number of nitrogens with one attached hydrogen (secondary N) is 1. The van der Waals surface area contributed by atoms with E-state index in [0.717, 1.165) is 65.2 Å². The number of nitro benzene ring substituents is 1. The first-order valence-electron chi connectivity index (χ1n) is 17.6. The maximum atomic E-state index is 12.1. The van der Waals surface area contributed by atoms with Gasteiger partial charge in [-0.2, -0.15) is 0 Å². The fraction of sp³-hybridized carbons (Fsp3) is 0.350. The number of ether oxygens (including phenoxy) is 2. The number of nitro groups is 1. The minimum atomic E-state index is -1.01. The van der Waals surface area contributed by atoms with Gasteiger partial charge in [0.2, 0.25) is 5.91 Å². The monoisotopic (exact) mass is 708 g/mol. The molecule has 0 radical (unpaired) electrons. The summed E-state index contributed by atoms with van der Waals surface area (Å²) in [6, 6.07) is 30.5. The summed E-state index contributed by atoms with van der Waals surface area (Å²) in [5, 5.41) is 32.4. The summed E-state index contributed by atoms with van der Waals surface area (Å²) in [4.78, 5) is 38.3. The molecule has 1 amide bonds. The van der Waals surface area contributed by atoms with Gasteiger partial charge in [-0.15, -0.1) is 0 Å². The maximum Gasteiger partial charge on any atom is 0.303 e. The Hall–Kier alpha value is -5.14. The van der Waals surface area contributed by atoms with Crippen molar-refractivity contribution in [2.75, 3.05) is 37.6 Å². The molecule has 2 saturated heterocycles. The number of nitrogens with zero attached hydrogens (tertiary/aromatic N) is 3. The summed E-state index contributed by atoms with van der Waals surface area (Å²) in [6.45, 7) is 6.33. The number of amides is 1. The van der Waals surface area contributed by atoms with E-state index in [1.54, 1.807) is 12.1 Å². The van der Waals surface area contributed by atoms with Crippen molar-refractivity contribution >= 4 is 23.3 Å². The first-order chi connectivity index (χ1) is 25.2. The number of aliphatic hydroxyl groups excluding tert-OH is 1. The van der Waals surface area contributed by atoms with Crippen molar-refractivity contribution in [1.82, 2.24) is 10.2 Å². The molecule has 4 aromatic rings. The van der Waals surface area contributed by atoms with Gasteiger partial charge >= 0.3 is 5.97 Å². The molecule has 0 unspecified atom stereocenters. The minimum absolute atomic E-state index is 0.0227. The summed E-state index contributed by atoms with van der Waals surface area (Å²) in [5.74, 6) is -1.29. The average Bonchev–Trinajstić information content (AvgIpc) is 3.17. The summed E-state index contributed by atoms with van der Waals surface area (Å²) in [5.41, 5.74) is 6.59. The van der Waals surface area contributed by atoms with Crippen LogP contribution in [0.15, 0.2) is 97.1 Å². The third-order valence-corrected chi connectivity index (χ3v) is 9.83. The Morgan fingerprint density at radius 3 is 2.21 bits per heavy atom. The highest BCUT2D eigenvalue weighted by atomic mass is 16.7. The first-order valence-corrected chi connectivity index (χ1v) is 17.6. The van der Waals surface area contributed by atoms with Crippen LogP contribution < -0.4 is 10.2 Å². The molecule has 2 fully saturated rings. The standard InChI is InChI=1S/C40H44N4O8/c1-27-36(25-42-18-20-43(21-19-42)34-12-14-35(15-13-34)44(49)50)51-40(52-39(27)30-10-8-28(26-45)9-11-30)33-7-3-6-32(23-33)31-5-2-4-29(22-31)24-41-37(46)16-17-38(47)48/h2-15,22-23,27,36,39-40,45H,16-21,24-26H2,1H3,(H,41,46)(H,47,48)/t27-,36+,39+,40+/m0/s1. The zero-order valence-corrected chi connectivity index (χ0v) is 29.1. The van der Waals surface area contributed by atoms with E-state index in [1.807, 2.05) is 78.9 Å². The molecule has 4 aromatic carbocycles. The van der Waals surface area contributed by atoms with Gasteiger partial charge < -0.3 is 29.9 Å². The normalized spacial score (nSPS) is 20.7. The fourth-order valence-electron chi connectivity index (χ4n) is 6.79. The van der Waals surface area contributed by atoms with Crippen LogP contribution >= 0.6 is 0 Å². The van der Waals surface area contributed by atoms with Crippen LogP contribution in [0, 0.1) is 16.0 Å². The number of hydrogen-bond donors (Lipinski definition) is 3. The Kier molecular flexibility index (Phi) is 11.9. The third-order valence-electron chi connectivity index (χ3n) is 9.83. The van der Waals surface area contributed by atoms with Gasteiger partial charge in [-0.1, -0.05) is 67.6 Å². The molecule has 4 atom stereocenters. The number of non-ortho nitro benzene ring substituents is 1. The number of carboxylic acid groups (broad SMARTS) is 1. The van der Waals surface area contributed by atoms with E-state index in [0.29, 0.717) is 13.1 Å². The Labute approximate surface area is 302 Å². The highest BCUT2D eigenvalue weighted by molar-refractivity contribution is 5.80. The molecule has 12 heteroatoms. The number of benzene rings is 4. The topological polar surface area (TPSA) is 155 Å². The number of carbonyl (C=O) groups is 2. The van der Waals surface area contributed by atoms with E-state index in [9.17, 15) is 24.8 Å². The molecule has 0 aromatic heterocycles. The van der Waals surface area contributed by atoms with E-state index >= 15 is 0 Å². The molecule has 6 rings (SSSR count). The number of piperazine rings is 1. The number of anilines is 1. The molecule has 272 valence electrons. The summed E-state index contributed by atoms with van der Waals surface area (Å²) in [7, 11) is 0. The highest BCUT2D eigenvalue weighted by Gasteiger charge is 2.39. The van der Waals surface area contributed by atoms with Crippen molar-refractivity contribution in [3.63, 3.8) is 0 Å². The molecule has 12 nitrogen and oxygen atoms in total.